The number of aromatic nitrogens is 2. The first-order chi connectivity index (χ1) is 7.99. The minimum absolute atomic E-state index is 0.0523. The fourth-order valence-corrected chi connectivity index (χ4v) is 1.77. The summed E-state index contributed by atoms with van der Waals surface area (Å²) >= 11 is 0. The van der Waals surface area contributed by atoms with E-state index >= 15 is 0 Å². The number of aromatic hydroxyl groups is 2. The van der Waals surface area contributed by atoms with E-state index in [4.69, 9.17) is 0 Å². The van der Waals surface area contributed by atoms with E-state index in [1.165, 1.54) is 0 Å². The van der Waals surface area contributed by atoms with Crippen LogP contribution in [0.1, 0.15) is 25.5 Å². The zero-order valence-corrected chi connectivity index (χ0v) is 10.2. The molecule has 0 bridgehead atoms. The second-order valence-corrected chi connectivity index (χ2v) is 4.45. The Hall–Kier alpha value is -1.97. The fraction of sp³-hybridized carbons (Fsp3) is 0.308. The highest BCUT2D eigenvalue weighted by atomic mass is 16.3. The SMILES string of the molecule is Cc1cc(O)c(-c2ccn(C(C)C)n2)c(O)c1. The molecule has 0 aliphatic heterocycles. The summed E-state index contributed by atoms with van der Waals surface area (Å²) in [6, 6.07) is 5.26. The Morgan fingerprint density at radius 2 is 1.76 bits per heavy atom. The smallest absolute Gasteiger partial charge is 0.129 e. The molecular formula is C13H16N2O2. The second kappa shape index (κ2) is 4.13. The van der Waals surface area contributed by atoms with Gasteiger partial charge in [-0.05, 0) is 44.5 Å². The first-order valence-corrected chi connectivity index (χ1v) is 5.57. The van der Waals surface area contributed by atoms with E-state index in [1.54, 1.807) is 22.9 Å². The van der Waals surface area contributed by atoms with Gasteiger partial charge in [-0.15, -0.1) is 0 Å². The monoisotopic (exact) mass is 232 g/mol. The molecule has 4 heteroatoms. The van der Waals surface area contributed by atoms with Gasteiger partial charge in [-0.1, -0.05) is 0 Å². The summed E-state index contributed by atoms with van der Waals surface area (Å²) in [5.41, 5.74) is 1.77. The average Bonchev–Trinajstić information content (AvgIpc) is 2.65. The molecule has 90 valence electrons. The lowest BCUT2D eigenvalue weighted by Crippen LogP contribution is -2.00. The Bertz CT molecular complexity index is 521. The van der Waals surface area contributed by atoms with Crippen LogP contribution in [0, 0.1) is 6.92 Å². The van der Waals surface area contributed by atoms with Crippen LogP contribution in [0.3, 0.4) is 0 Å². The summed E-state index contributed by atoms with van der Waals surface area (Å²) in [6.45, 7) is 5.85. The third-order valence-corrected chi connectivity index (χ3v) is 2.63. The summed E-state index contributed by atoms with van der Waals surface area (Å²) in [5.74, 6) is 0.105. The molecule has 1 aromatic heterocycles. The number of benzene rings is 1. The molecule has 0 aliphatic carbocycles. The third-order valence-electron chi connectivity index (χ3n) is 2.63. The number of phenols is 2. The van der Waals surface area contributed by atoms with E-state index in [0.717, 1.165) is 5.56 Å². The van der Waals surface area contributed by atoms with Gasteiger partial charge in [0.25, 0.3) is 0 Å². The second-order valence-electron chi connectivity index (χ2n) is 4.45. The average molecular weight is 232 g/mol. The van der Waals surface area contributed by atoms with E-state index in [0.29, 0.717) is 11.3 Å². The van der Waals surface area contributed by atoms with Crippen molar-refractivity contribution in [2.24, 2.45) is 0 Å². The normalized spacial score (nSPS) is 11.1. The summed E-state index contributed by atoms with van der Waals surface area (Å²) < 4.78 is 1.79. The van der Waals surface area contributed by atoms with Crippen LogP contribution < -0.4 is 0 Å². The van der Waals surface area contributed by atoms with Crippen molar-refractivity contribution in [1.82, 2.24) is 9.78 Å². The summed E-state index contributed by atoms with van der Waals surface area (Å²) in [5, 5.41) is 24.1. The maximum absolute atomic E-state index is 9.86. The standard InChI is InChI=1S/C13H16N2O2/c1-8(2)15-5-4-10(14-15)13-11(16)6-9(3)7-12(13)17/h4-8,16-17H,1-3H3. The van der Waals surface area contributed by atoms with Crippen LogP contribution in [0.2, 0.25) is 0 Å². The highest BCUT2D eigenvalue weighted by Crippen LogP contribution is 2.37. The van der Waals surface area contributed by atoms with Crippen LogP contribution >= 0.6 is 0 Å². The van der Waals surface area contributed by atoms with E-state index in [-0.39, 0.29) is 17.5 Å². The number of nitrogens with zero attached hydrogens (tertiary/aromatic N) is 2. The van der Waals surface area contributed by atoms with Crippen LogP contribution in [-0.2, 0) is 0 Å². The van der Waals surface area contributed by atoms with Gasteiger partial charge in [0.2, 0.25) is 0 Å². The molecule has 0 radical (unpaired) electrons. The number of rotatable bonds is 2. The molecule has 1 heterocycles. The van der Waals surface area contributed by atoms with Gasteiger partial charge < -0.3 is 10.2 Å². The number of hydrogen-bond donors (Lipinski definition) is 2. The Balaban J connectivity index is 2.52. The molecule has 0 spiro atoms. The van der Waals surface area contributed by atoms with Crippen molar-refractivity contribution < 1.29 is 10.2 Å². The Morgan fingerprint density at radius 1 is 1.18 bits per heavy atom. The van der Waals surface area contributed by atoms with Crippen molar-refractivity contribution in [2.75, 3.05) is 0 Å². The Kier molecular flexibility index (Phi) is 2.79. The molecule has 2 N–H and O–H groups in total. The lowest BCUT2D eigenvalue weighted by Gasteiger charge is -2.07. The summed E-state index contributed by atoms with van der Waals surface area (Å²) in [7, 11) is 0. The van der Waals surface area contributed by atoms with Crippen molar-refractivity contribution in [1.29, 1.82) is 0 Å². The molecule has 4 nitrogen and oxygen atoms in total. The van der Waals surface area contributed by atoms with Gasteiger partial charge in [0.05, 0.1) is 11.3 Å². The predicted octanol–water partition coefficient (Wildman–Crippen LogP) is 2.85. The van der Waals surface area contributed by atoms with Crippen molar-refractivity contribution in [3.63, 3.8) is 0 Å². The molecule has 1 aromatic carbocycles. The van der Waals surface area contributed by atoms with Crippen LogP contribution in [0.25, 0.3) is 11.3 Å². The summed E-state index contributed by atoms with van der Waals surface area (Å²) in [6.07, 6.45) is 1.83. The number of hydrogen-bond acceptors (Lipinski definition) is 3. The van der Waals surface area contributed by atoms with Gasteiger partial charge >= 0.3 is 0 Å². The molecule has 0 atom stereocenters. The first-order valence-electron chi connectivity index (χ1n) is 5.57. The van der Waals surface area contributed by atoms with Crippen molar-refractivity contribution in [2.45, 2.75) is 26.8 Å². The predicted molar refractivity (Wildman–Crippen MR) is 66.1 cm³/mol. The van der Waals surface area contributed by atoms with Gasteiger partial charge in [-0.2, -0.15) is 5.10 Å². The van der Waals surface area contributed by atoms with Gasteiger partial charge in [0.15, 0.2) is 0 Å². The van der Waals surface area contributed by atoms with E-state index in [9.17, 15) is 10.2 Å². The quantitative estimate of drug-likeness (QED) is 0.837. The molecule has 0 unspecified atom stereocenters. The molecule has 17 heavy (non-hydrogen) atoms. The molecular weight excluding hydrogens is 216 g/mol. The zero-order valence-electron chi connectivity index (χ0n) is 10.2. The van der Waals surface area contributed by atoms with Gasteiger partial charge in [0.1, 0.15) is 11.5 Å². The minimum Gasteiger partial charge on any atom is -0.507 e. The van der Waals surface area contributed by atoms with Crippen LogP contribution in [0.4, 0.5) is 0 Å². The molecule has 0 saturated heterocycles. The highest BCUT2D eigenvalue weighted by molar-refractivity contribution is 5.73. The zero-order chi connectivity index (χ0) is 12.6. The van der Waals surface area contributed by atoms with Gasteiger partial charge in [-0.25, -0.2) is 0 Å². The lowest BCUT2D eigenvalue weighted by molar-refractivity contribution is 0.452. The van der Waals surface area contributed by atoms with E-state index in [1.807, 2.05) is 27.0 Å². The van der Waals surface area contributed by atoms with Crippen molar-refractivity contribution in [3.05, 3.63) is 30.0 Å². The minimum atomic E-state index is 0.0523. The molecule has 0 fully saturated rings. The Morgan fingerprint density at radius 3 is 2.24 bits per heavy atom. The largest absolute Gasteiger partial charge is 0.507 e. The lowest BCUT2D eigenvalue weighted by atomic mass is 10.1. The van der Waals surface area contributed by atoms with Crippen LogP contribution in [-0.4, -0.2) is 20.0 Å². The van der Waals surface area contributed by atoms with Gasteiger partial charge in [0, 0.05) is 12.2 Å². The maximum atomic E-state index is 9.86. The maximum Gasteiger partial charge on any atom is 0.129 e. The Labute approximate surface area is 100 Å². The fourth-order valence-electron chi connectivity index (χ4n) is 1.77. The van der Waals surface area contributed by atoms with Crippen LogP contribution in [0.15, 0.2) is 24.4 Å². The van der Waals surface area contributed by atoms with Crippen molar-refractivity contribution >= 4 is 0 Å². The summed E-state index contributed by atoms with van der Waals surface area (Å²) in [4.78, 5) is 0. The van der Waals surface area contributed by atoms with Crippen molar-refractivity contribution in [3.8, 4) is 22.8 Å². The molecule has 2 rings (SSSR count). The molecule has 2 aromatic rings. The topological polar surface area (TPSA) is 58.3 Å². The van der Waals surface area contributed by atoms with E-state index < -0.39 is 0 Å². The first kappa shape index (κ1) is 11.5. The van der Waals surface area contributed by atoms with E-state index in [2.05, 4.69) is 5.10 Å². The molecule has 0 amide bonds. The number of aryl methyl sites for hydroxylation is 1. The highest BCUT2D eigenvalue weighted by Gasteiger charge is 2.14. The molecule has 0 saturated carbocycles. The third kappa shape index (κ3) is 2.11. The van der Waals surface area contributed by atoms with Gasteiger partial charge in [-0.3, -0.25) is 4.68 Å². The van der Waals surface area contributed by atoms with Crippen LogP contribution in [0.5, 0.6) is 11.5 Å². The number of phenolic OH excluding ortho intramolecular Hbond substituents is 2. The molecule has 0 aliphatic rings.